The van der Waals surface area contributed by atoms with Gasteiger partial charge in [0.1, 0.15) is 17.9 Å². The smallest absolute Gasteiger partial charge is 0.373 e. The van der Waals surface area contributed by atoms with E-state index in [1.165, 1.54) is 26.4 Å². The minimum absolute atomic E-state index is 0.0161. The third-order valence-corrected chi connectivity index (χ3v) is 5.37. The van der Waals surface area contributed by atoms with Gasteiger partial charge >= 0.3 is 12.0 Å². The minimum atomic E-state index is -0.814. The van der Waals surface area contributed by atoms with E-state index in [-0.39, 0.29) is 17.9 Å². The predicted molar refractivity (Wildman–Crippen MR) is 128 cm³/mol. The summed E-state index contributed by atoms with van der Waals surface area (Å²) in [5.41, 5.74) is 1.35. The molecule has 4 amide bonds. The fourth-order valence-electron chi connectivity index (χ4n) is 3.57. The van der Waals surface area contributed by atoms with Gasteiger partial charge in [-0.15, -0.1) is 0 Å². The first kappa shape index (κ1) is 24.3. The Morgan fingerprint density at radius 1 is 1.03 bits per heavy atom. The summed E-state index contributed by atoms with van der Waals surface area (Å²) in [7, 11) is 2.70. The molecule has 0 unspecified atom stereocenters. The SMILES string of the molecule is COC(=O)c1ccc(COc2ccc(/C=C3/C(=O)NC(=O)N(c4ccccc4C)C3=O)cc2OC)o1. The Bertz CT molecular complexity index is 1390. The third-order valence-electron chi connectivity index (χ3n) is 5.37. The Kier molecular flexibility index (Phi) is 6.86. The zero-order valence-corrected chi connectivity index (χ0v) is 19.7. The Hall–Kier alpha value is -4.86. The first-order valence-electron chi connectivity index (χ1n) is 10.8. The molecule has 10 nitrogen and oxygen atoms in total. The number of imide groups is 2. The number of methoxy groups -OCH3 is 2. The second kappa shape index (κ2) is 10.2. The van der Waals surface area contributed by atoms with Crippen molar-refractivity contribution in [2.45, 2.75) is 13.5 Å². The van der Waals surface area contributed by atoms with E-state index in [2.05, 4.69) is 10.1 Å². The van der Waals surface area contributed by atoms with Crippen molar-refractivity contribution in [3.05, 3.63) is 82.8 Å². The highest BCUT2D eigenvalue weighted by Gasteiger charge is 2.37. The van der Waals surface area contributed by atoms with Gasteiger partial charge in [-0.25, -0.2) is 14.5 Å². The van der Waals surface area contributed by atoms with Crippen molar-refractivity contribution in [3.63, 3.8) is 0 Å². The van der Waals surface area contributed by atoms with E-state index >= 15 is 0 Å². The molecule has 2 heterocycles. The average molecular weight is 490 g/mol. The molecule has 1 aliphatic heterocycles. The number of furan rings is 1. The van der Waals surface area contributed by atoms with Gasteiger partial charge in [0.25, 0.3) is 11.8 Å². The number of amides is 4. The maximum atomic E-state index is 13.1. The number of hydrogen-bond donors (Lipinski definition) is 1. The van der Waals surface area contributed by atoms with Crippen molar-refractivity contribution in [3.8, 4) is 11.5 Å². The largest absolute Gasteiger partial charge is 0.493 e. The summed E-state index contributed by atoms with van der Waals surface area (Å²) in [5, 5.41) is 2.21. The lowest BCUT2D eigenvalue weighted by molar-refractivity contribution is -0.122. The number of carbonyl (C=O) groups is 4. The Morgan fingerprint density at radius 3 is 2.53 bits per heavy atom. The lowest BCUT2D eigenvalue weighted by Gasteiger charge is -2.27. The van der Waals surface area contributed by atoms with Crippen LogP contribution in [-0.2, 0) is 20.9 Å². The number of carbonyl (C=O) groups excluding carboxylic acids is 4. The summed E-state index contributed by atoms with van der Waals surface area (Å²) in [6, 6.07) is 13.9. The number of barbiturate groups is 1. The van der Waals surface area contributed by atoms with E-state index in [1.54, 1.807) is 55.5 Å². The minimum Gasteiger partial charge on any atom is -0.493 e. The molecule has 0 radical (unpaired) electrons. The molecule has 0 atom stereocenters. The average Bonchev–Trinajstić information content (AvgIpc) is 3.35. The number of aryl methyl sites for hydroxylation is 1. The van der Waals surface area contributed by atoms with Crippen LogP contribution < -0.4 is 19.7 Å². The van der Waals surface area contributed by atoms with Crippen LogP contribution in [0.15, 0.2) is 64.6 Å². The summed E-state index contributed by atoms with van der Waals surface area (Å²) in [6.07, 6.45) is 1.37. The van der Waals surface area contributed by atoms with Crippen LogP contribution in [-0.4, -0.2) is 38.0 Å². The number of benzene rings is 2. The van der Waals surface area contributed by atoms with Gasteiger partial charge < -0.3 is 18.6 Å². The topological polar surface area (TPSA) is 124 Å². The zero-order chi connectivity index (χ0) is 25.8. The van der Waals surface area contributed by atoms with Crippen molar-refractivity contribution < 1.29 is 37.8 Å². The van der Waals surface area contributed by atoms with E-state index in [4.69, 9.17) is 13.9 Å². The number of nitrogens with one attached hydrogen (secondary N) is 1. The maximum Gasteiger partial charge on any atom is 0.373 e. The van der Waals surface area contributed by atoms with Crippen LogP contribution in [0.3, 0.4) is 0 Å². The van der Waals surface area contributed by atoms with Gasteiger partial charge in [0, 0.05) is 0 Å². The molecule has 4 rings (SSSR count). The van der Waals surface area contributed by atoms with E-state index in [0.717, 1.165) is 4.90 Å². The number of para-hydroxylation sites is 1. The van der Waals surface area contributed by atoms with Gasteiger partial charge in [-0.05, 0) is 54.5 Å². The monoisotopic (exact) mass is 490 g/mol. The zero-order valence-electron chi connectivity index (χ0n) is 19.7. The molecular weight excluding hydrogens is 468 g/mol. The highest BCUT2D eigenvalue weighted by molar-refractivity contribution is 6.39. The maximum absolute atomic E-state index is 13.1. The highest BCUT2D eigenvalue weighted by atomic mass is 16.5. The van der Waals surface area contributed by atoms with Gasteiger partial charge in [-0.3, -0.25) is 14.9 Å². The van der Waals surface area contributed by atoms with E-state index in [9.17, 15) is 19.2 Å². The standard InChI is InChI=1S/C26H22N2O8/c1-15-6-4-5-7-19(15)28-24(30)18(23(29)27-26(28)32)12-16-8-10-20(22(13-16)33-2)35-14-17-9-11-21(36-17)25(31)34-3/h4-13H,14H2,1-3H3,(H,27,29,32)/b18-12-. The molecule has 1 aliphatic rings. The van der Waals surface area contributed by atoms with Crippen molar-refractivity contribution >= 4 is 35.6 Å². The number of hydrogen-bond acceptors (Lipinski definition) is 8. The normalized spacial score (nSPS) is 14.6. The molecule has 0 saturated carbocycles. The van der Waals surface area contributed by atoms with Crippen LogP contribution in [0.1, 0.15) is 27.4 Å². The third kappa shape index (κ3) is 4.83. The second-order valence-electron chi connectivity index (χ2n) is 7.70. The molecule has 0 aliphatic carbocycles. The quantitative estimate of drug-likeness (QED) is 0.303. The Labute approximate surface area is 206 Å². The van der Waals surface area contributed by atoms with Gasteiger partial charge in [0.15, 0.2) is 11.5 Å². The number of ether oxygens (including phenoxy) is 3. The van der Waals surface area contributed by atoms with Crippen LogP contribution in [0, 0.1) is 6.92 Å². The second-order valence-corrected chi connectivity index (χ2v) is 7.70. The predicted octanol–water partition coefficient (Wildman–Crippen LogP) is 3.63. The van der Waals surface area contributed by atoms with Crippen molar-refractivity contribution in [1.29, 1.82) is 0 Å². The molecule has 1 fully saturated rings. The molecule has 36 heavy (non-hydrogen) atoms. The highest BCUT2D eigenvalue weighted by Crippen LogP contribution is 2.31. The van der Waals surface area contributed by atoms with Crippen LogP contribution in [0.25, 0.3) is 6.08 Å². The molecule has 1 N–H and O–H groups in total. The summed E-state index contributed by atoms with van der Waals surface area (Å²) < 4.78 is 21.1. The lowest BCUT2D eigenvalue weighted by atomic mass is 10.1. The summed E-state index contributed by atoms with van der Waals surface area (Å²) in [5.74, 6) is -0.982. The van der Waals surface area contributed by atoms with Gasteiger partial charge in [0.2, 0.25) is 5.76 Å². The van der Waals surface area contributed by atoms with E-state index in [0.29, 0.717) is 34.1 Å². The molecule has 0 spiro atoms. The summed E-state index contributed by atoms with van der Waals surface area (Å²) >= 11 is 0. The summed E-state index contributed by atoms with van der Waals surface area (Å²) in [6.45, 7) is 1.78. The molecule has 1 saturated heterocycles. The molecular formula is C26H22N2O8. The molecule has 1 aromatic heterocycles. The number of urea groups is 1. The molecule has 0 bridgehead atoms. The number of anilines is 1. The van der Waals surface area contributed by atoms with Crippen LogP contribution in [0.4, 0.5) is 10.5 Å². The van der Waals surface area contributed by atoms with Gasteiger partial charge in [-0.2, -0.15) is 0 Å². The lowest BCUT2D eigenvalue weighted by Crippen LogP contribution is -2.54. The Morgan fingerprint density at radius 2 is 1.81 bits per heavy atom. The van der Waals surface area contributed by atoms with Crippen LogP contribution in [0.5, 0.6) is 11.5 Å². The van der Waals surface area contributed by atoms with Crippen LogP contribution >= 0.6 is 0 Å². The van der Waals surface area contributed by atoms with Crippen LogP contribution in [0.2, 0.25) is 0 Å². The number of rotatable bonds is 7. The van der Waals surface area contributed by atoms with Gasteiger partial charge in [-0.1, -0.05) is 24.3 Å². The van der Waals surface area contributed by atoms with Gasteiger partial charge in [0.05, 0.1) is 19.9 Å². The van der Waals surface area contributed by atoms with E-state index in [1.807, 2.05) is 0 Å². The number of nitrogens with zero attached hydrogens (tertiary/aromatic N) is 1. The Balaban J connectivity index is 1.56. The molecule has 2 aromatic carbocycles. The molecule has 184 valence electrons. The van der Waals surface area contributed by atoms with Crippen molar-refractivity contribution in [2.75, 3.05) is 19.1 Å². The fraction of sp³-hybridized carbons (Fsp3) is 0.154. The van der Waals surface area contributed by atoms with E-state index < -0.39 is 23.8 Å². The first-order valence-corrected chi connectivity index (χ1v) is 10.8. The number of esters is 1. The van der Waals surface area contributed by atoms with Crippen molar-refractivity contribution in [1.82, 2.24) is 5.32 Å². The fourth-order valence-corrected chi connectivity index (χ4v) is 3.57. The molecule has 3 aromatic rings. The molecule has 10 heteroatoms. The van der Waals surface area contributed by atoms with Crippen molar-refractivity contribution in [2.24, 2.45) is 0 Å². The summed E-state index contributed by atoms with van der Waals surface area (Å²) in [4.78, 5) is 50.5. The first-order chi connectivity index (χ1) is 17.3.